The van der Waals surface area contributed by atoms with Gasteiger partial charge in [0.2, 0.25) is 0 Å². The Morgan fingerprint density at radius 2 is 1.00 bits per heavy atom. The average molecular weight is 379 g/mol. The second-order valence-corrected chi connectivity index (χ2v) is 4.67. The number of hydrogen-bond donors (Lipinski definition) is 2. The summed E-state index contributed by atoms with van der Waals surface area (Å²) >= 11 is 0. The Bertz CT molecular complexity index is 811. The van der Waals surface area contributed by atoms with Crippen molar-refractivity contribution in [2.24, 2.45) is 0 Å². The third-order valence-corrected chi connectivity index (χ3v) is 2.90. The molecule has 0 saturated carbocycles. The molecule has 2 aromatic rings. The molecule has 0 atom stereocenters. The van der Waals surface area contributed by atoms with Gasteiger partial charge in [0.05, 0.1) is 32.0 Å². The third kappa shape index (κ3) is 5.86. The van der Waals surface area contributed by atoms with E-state index in [1.807, 2.05) is 0 Å². The van der Waals surface area contributed by atoms with Crippen LogP contribution >= 0.6 is 0 Å². The Labute approximate surface area is 148 Å². The lowest BCUT2D eigenvalue weighted by molar-refractivity contribution is -0.394. The number of hydrogen-bond acceptors (Lipinski definition) is 8. The van der Waals surface area contributed by atoms with Gasteiger partial charge in [-0.1, -0.05) is 0 Å². The van der Waals surface area contributed by atoms with Gasteiger partial charge < -0.3 is 10.2 Å². The highest BCUT2D eigenvalue weighted by molar-refractivity contribution is 5.89. The maximum Gasteiger partial charge on any atom is 0.336 e. The van der Waals surface area contributed by atoms with Crippen LogP contribution in [0, 0.1) is 30.3 Å². The molecular formula is C14H9N3O10. The summed E-state index contributed by atoms with van der Waals surface area (Å²) < 4.78 is 0. The summed E-state index contributed by atoms with van der Waals surface area (Å²) in [5.74, 6) is -2.55. The van der Waals surface area contributed by atoms with Crippen LogP contribution in [0.15, 0.2) is 42.5 Å². The van der Waals surface area contributed by atoms with Crippen LogP contribution in [0.4, 0.5) is 17.1 Å². The first-order chi connectivity index (χ1) is 12.5. The molecule has 0 aliphatic carbocycles. The highest BCUT2D eigenvalue weighted by Gasteiger charge is 2.19. The molecule has 0 heterocycles. The van der Waals surface area contributed by atoms with Crippen molar-refractivity contribution in [3.8, 4) is 0 Å². The minimum absolute atomic E-state index is 0.0422. The topological polar surface area (TPSA) is 204 Å². The number of benzene rings is 2. The van der Waals surface area contributed by atoms with Crippen molar-refractivity contribution in [3.05, 3.63) is 83.9 Å². The maximum atomic E-state index is 10.5. The van der Waals surface area contributed by atoms with Crippen molar-refractivity contribution in [1.82, 2.24) is 0 Å². The van der Waals surface area contributed by atoms with E-state index >= 15 is 0 Å². The minimum atomic E-state index is -1.46. The fourth-order valence-electron chi connectivity index (χ4n) is 1.66. The van der Waals surface area contributed by atoms with Crippen molar-refractivity contribution in [2.75, 3.05) is 0 Å². The van der Waals surface area contributed by atoms with Gasteiger partial charge in [-0.15, -0.1) is 0 Å². The summed E-state index contributed by atoms with van der Waals surface area (Å²) in [5.41, 5.74) is -1.81. The number of nitrogens with zero attached hydrogens (tertiary/aromatic N) is 3. The zero-order valence-corrected chi connectivity index (χ0v) is 13.0. The Morgan fingerprint density at radius 1 is 0.630 bits per heavy atom. The van der Waals surface area contributed by atoms with Gasteiger partial charge in [0.1, 0.15) is 0 Å². The molecule has 13 heteroatoms. The van der Waals surface area contributed by atoms with Gasteiger partial charge in [-0.2, -0.15) is 0 Å². The van der Waals surface area contributed by atoms with Crippen molar-refractivity contribution < 1.29 is 34.6 Å². The van der Waals surface area contributed by atoms with E-state index in [0.29, 0.717) is 6.07 Å². The number of nitro benzene ring substituents is 3. The van der Waals surface area contributed by atoms with Crippen LogP contribution in [-0.4, -0.2) is 36.9 Å². The van der Waals surface area contributed by atoms with Gasteiger partial charge in [-0.05, 0) is 12.1 Å². The Morgan fingerprint density at radius 3 is 1.30 bits per heavy atom. The molecule has 2 N–H and O–H groups in total. The van der Waals surface area contributed by atoms with Gasteiger partial charge in [-0.25, -0.2) is 9.59 Å². The van der Waals surface area contributed by atoms with E-state index in [-0.39, 0.29) is 11.3 Å². The third-order valence-electron chi connectivity index (χ3n) is 2.90. The van der Waals surface area contributed by atoms with Crippen molar-refractivity contribution >= 4 is 29.0 Å². The molecule has 0 saturated heterocycles. The smallest absolute Gasteiger partial charge is 0.336 e. The van der Waals surface area contributed by atoms with E-state index in [4.69, 9.17) is 10.2 Å². The summed E-state index contributed by atoms with van der Waals surface area (Å²) in [5, 5.41) is 47.8. The average Bonchev–Trinajstić information content (AvgIpc) is 2.61. The number of carboxylic acid groups (broad SMARTS) is 2. The first kappa shape index (κ1) is 20.6. The van der Waals surface area contributed by atoms with Crippen LogP contribution in [0.3, 0.4) is 0 Å². The molecule has 0 unspecified atom stereocenters. The van der Waals surface area contributed by atoms with Gasteiger partial charge in [-0.3, -0.25) is 30.3 Å². The Hall–Kier alpha value is -4.42. The van der Waals surface area contributed by atoms with Crippen LogP contribution in [0.2, 0.25) is 0 Å². The van der Waals surface area contributed by atoms with E-state index in [1.165, 1.54) is 12.1 Å². The van der Waals surface area contributed by atoms with E-state index in [2.05, 4.69) is 0 Å². The van der Waals surface area contributed by atoms with E-state index in [1.54, 1.807) is 0 Å². The van der Waals surface area contributed by atoms with Crippen molar-refractivity contribution in [2.45, 2.75) is 0 Å². The predicted octanol–water partition coefficient (Wildman–Crippen LogP) is 2.49. The second kappa shape index (κ2) is 8.61. The number of carboxylic acids is 2. The van der Waals surface area contributed by atoms with Crippen LogP contribution in [0.1, 0.15) is 20.7 Å². The number of nitro groups is 3. The molecule has 0 aliphatic rings. The van der Waals surface area contributed by atoms with E-state index in [0.717, 1.165) is 24.3 Å². The molecule has 0 bridgehead atoms. The van der Waals surface area contributed by atoms with Gasteiger partial charge in [0, 0.05) is 24.3 Å². The molecular weight excluding hydrogens is 370 g/mol. The zero-order valence-electron chi connectivity index (χ0n) is 13.0. The quantitative estimate of drug-likeness (QED) is 0.573. The highest BCUT2D eigenvalue weighted by Crippen LogP contribution is 2.22. The summed E-state index contributed by atoms with van der Waals surface area (Å²) in [6, 6.07) is 6.92. The molecule has 27 heavy (non-hydrogen) atoms. The lowest BCUT2D eigenvalue weighted by atomic mass is 10.2. The largest absolute Gasteiger partial charge is 0.478 e. The van der Waals surface area contributed by atoms with Crippen molar-refractivity contribution in [1.29, 1.82) is 0 Å². The summed E-state index contributed by atoms with van der Waals surface area (Å²) in [6.45, 7) is 0. The fourth-order valence-corrected chi connectivity index (χ4v) is 1.66. The fraction of sp³-hybridized carbons (Fsp3) is 0. The number of carbonyl (C=O) groups is 2. The van der Waals surface area contributed by atoms with E-state index < -0.39 is 43.6 Å². The van der Waals surface area contributed by atoms with Crippen molar-refractivity contribution in [3.63, 3.8) is 0 Å². The Kier molecular flexibility index (Phi) is 6.58. The molecule has 0 spiro atoms. The number of non-ortho nitro benzene ring substituents is 3. The molecule has 13 nitrogen and oxygen atoms in total. The molecule has 0 fully saturated rings. The van der Waals surface area contributed by atoms with Crippen LogP contribution in [-0.2, 0) is 0 Å². The molecule has 0 aromatic heterocycles. The summed E-state index contributed by atoms with van der Waals surface area (Å²) in [4.78, 5) is 49.3. The number of aromatic carboxylic acids is 2. The normalized spacial score (nSPS) is 9.48. The first-order valence-electron chi connectivity index (χ1n) is 6.68. The van der Waals surface area contributed by atoms with E-state index in [9.17, 15) is 39.9 Å². The van der Waals surface area contributed by atoms with Crippen LogP contribution in [0.25, 0.3) is 0 Å². The maximum absolute atomic E-state index is 10.5. The molecule has 0 aliphatic heterocycles. The zero-order chi connectivity index (χ0) is 20.7. The molecule has 0 radical (unpaired) electrons. The lowest BCUT2D eigenvalue weighted by Gasteiger charge is -1.96. The summed E-state index contributed by atoms with van der Waals surface area (Å²) in [7, 11) is 0. The monoisotopic (exact) mass is 379 g/mol. The van der Waals surface area contributed by atoms with Gasteiger partial charge in [0.25, 0.3) is 17.1 Å². The molecule has 2 rings (SSSR count). The lowest BCUT2D eigenvalue weighted by Crippen LogP contribution is -2.00. The standard InChI is InChI=1S/C7H4N2O6.C7H5NO4/c10-7(11)4-1-5(8(12)13)3-6(2-4)9(14)15;9-7(10)5-1-3-6(4-2-5)8(11)12/h1-3H,(H,10,11);1-4H,(H,9,10). The SMILES string of the molecule is O=C(O)c1cc([N+](=O)[O-])cc([N+](=O)[O-])c1.O=C(O)c1ccc([N+](=O)[O-])cc1. The second-order valence-electron chi connectivity index (χ2n) is 4.67. The summed E-state index contributed by atoms with van der Waals surface area (Å²) in [6.07, 6.45) is 0. The van der Waals surface area contributed by atoms with Crippen LogP contribution < -0.4 is 0 Å². The number of rotatable bonds is 5. The van der Waals surface area contributed by atoms with Gasteiger partial charge >= 0.3 is 11.9 Å². The predicted molar refractivity (Wildman–Crippen MR) is 86.8 cm³/mol. The Balaban J connectivity index is 0.000000277. The first-order valence-corrected chi connectivity index (χ1v) is 6.68. The molecule has 0 amide bonds. The van der Waals surface area contributed by atoms with Gasteiger partial charge in [0.15, 0.2) is 0 Å². The van der Waals surface area contributed by atoms with Crippen LogP contribution in [0.5, 0.6) is 0 Å². The molecule has 140 valence electrons. The molecule has 2 aromatic carbocycles. The minimum Gasteiger partial charge on any atom is -0.478 e. The highest BCUT2D eigenvalue weighted by atomic mass is 16.6.